The van der Waals surface area contributed by atoms with Crippen molar-refractivity contribution in [1.82, 2.24) is 9.80 Å². The average Bonchev–Trinajstić information content (AvgIpc) is 1.93. The van der Waals surface area contributed by atoms with E-state index in [1.807, 2.05) is 0 Å². The lowest BCUT2D eigenvalue weighted by Gasteiger charge is -2.62. The number of hydrogen-bond acceptors (Lipinski definition) is 2. The summed E-state index contributed by atoms with van der Waals surface area (Å²) in [6.45, 7) is 8.99. The molecule has 3 aliphatic rings. The summed E-state index contributed by atoms with van der Waals surface area (Å²) in [6.07, 6.45) is 3.54. The number of carbonyl (C=O) groups is 1. The third-order valence-corrected chi connectivity index (χ3v) is 4.63. The van der Waals surface area contributed by atoms with Crippen LogP contribution in [-0.2, 0) is 4.79 Å². The molecule has 1 aliphatic carbocycles. The van der Waals surface area contributed by atoms with Crippen LogP contribution in [-0.4, -0.2) is 47.9 Å². The lowest BCUT2D eigenvalue weighted by molar-refractivity contribution is -0.168. The van der Waals surface area contributed by atoms with Crippen LogP contribution >= 0.6 is 0 Å². The highest BCUT2D eigenvalue weighted by atomic mass is 16.2. The van der Waals surface area contributed by atoms with Gasteiger partial charge in [-0.1, -0.05) is 6.42 Å². The molecular formula is C13H22N2O. The van der Waals surface area contributed by atoms with Gasteiger partial charge in [0.25, 0.3) is 0 Å². The summed E-state index contributed by atoms with van der Waals surface area (Å²) in [6, 6.07) is 0.669. The SMILES string of the molecule is CC(C)N1CC2(CN(C(=O)C3CCC3)C2)C1. The molecule has 0 unspecified atom stereocenters. The van der Waals surface area contributed by atoms with Crippen LogP contribution in [0.15, 0.2) is 0 Å². The Bertz CT molecular complexity index is 295. The van der Waals surface area contributed by atoms with E-state index in [1.54, 1.807) is 0 Å². The van der Waals surface area contributed by atoms with Gasteiger partial charge in [-0.3, -0.25) is 9.69 Å². The summed E-state index contributed by atoms with van der Waals surface area (Å²) in [5.41, 5.74) is 0.490. The maximum absolute atomic E-state index is 12.0. The minimum atomic E-state index is 0.388. The highest BCUT2D eigenvalue weighted by Crippen LogP contribution is 2.42. The Kier molecular flexibility index (Phi) is 2.29. The fourth-order valence-corrected chi connectivity index (χ4v) is 3.21. The molecule has 1 amide bonds. The second-order valence-electron chi connectivity index (χ2n) is 6.32. The van der Waals surface area contributed by atoms with Crippen molar-refractivity contribution in [3.8, 4) is 0 Å². The van der Waals surface area contributed by atoms with Crippen molar-refractivity contribution in [2.24, 2.45) is 11.3 Å². The highest BCUT2D eigenvalue weighted by Gasteiger charge is 2.54. The molecule has 0 N–H and O–H groups in total. The molecule has 3 nitrogen and oxygen atoms in total. The minimum absolute atomic E-state index is 0.388. The molecule has 0 aromatic rings. The van der Waals surface area contributed by atoms with Gasteiger partial charge in [0.15, 0.2) is 0 Å². The zero-order chi connectivity index (χ0) is 11.3. The Morgan fingerprint density at radius 1 is 1.19 bits per heavy atom. The smallest absolute Gasteiger partial charge is 0.225 e. The molecule has 0 aromatic carbocycles. The number of hydrogen-bond donors (Lipinski definition) is 0. The van der Waals surface area contributed by atoms with E-state index in [4.69, 9.17) is 0 Å². The lowest BCUT2D eigenvalue weighted by atomic mass is 9.71. The Hall–Kier alpha value is -0.570. The predicted octanol–water partition coefficient (Wildman–Crippen LogP) is 1.34. The first-order valence-corrected chi connectivity index (χ1v) is 6.62. The number of likely N-dealkylation sites (tertiary alicyclic amines) is 2. The summed E-state index contributed by atoms with van der Waals surface area (Å²) < 4.78 is 0. The van der Waals surface area contributed by atoms with Crippen LogP contribution in [0, 0.1) is 11.3 Å². The van der Waals surface area contributed by atoms with Gasteiger partial charge in [0.1, 0.15) is 0 Å². The largest absolute Gasteiger partial charge is 0.341 e. The summed E-state index contributed by atoms with van der Waals surface area (Å²) in [5.74, 6) is 0.832. The third-order valence-electron chi connectivity index (χ3n) is 4.63. The van der Waals surface area contributed by atoms with E-state index < -0.39 is 0 Å². The molecule has 90 valence electrons. The molecule has 2 saturated heterocycles. The van der Waals surface area contributed by atoms with Gasteiger partial charge < -0.3 is 4.90 Å². The summed E-state index contributed by atoms with van der Waals surface area (Å²) >= 11 is 0. The van der Waals surface area contributed by atoms with Gasteiger partial charge in [0.2, 0.25) is 5.91 Å². The zero-order valence-electron chi connectivity index (χ0n) is 10.4. The van der Waals surface area contributed by atoms with Crippen molar-refractivity contribution < 1.29 is 4.79 Å². The van der Waals surface area contributed by atoms with Gasteiger partial charge in [-0.05, 0) is 26.7 Å². The van der Waals surface area contributed by atoms with E-state index in [1.165, 1.54) is 19.5 Å². The first kappa shape index (κ1) is 10.6. The first-order chi connectivity index (χ1) is 7.60. The number of carbonyl (C=O) groups excluding carboxylic acids is 1. The molecule has 3 heteroatoms. The monoisotopic (exact) mass is 222 g/mol. The zero-order valence-corrected chi connectivity index (χ0v) is 10.4. The van der Waals surface area contributed by atoms with E-state index in [9.17, 15) is 4.79 Å². The predicted molar refractivity (Wildman–Crippen MR) is 63.1 cm³/mol. The van der Waals surface area contributed by atoms with Crippen LogP contribution < -0.4 is 0 Å². The van der Waals surface area contributed by atoms with Gasteiger partial charge >= 0.3 is 0 Å². The van der Waals surface area contributed by atoms with Crippen molar-refractivity contribution in [2.45, 2.75) is 39.2 Å². The van der Waals surface area contributed by atoms with E-state index in [0.717, 1.165) is 25.9 Å². The van der Waals surface area contributed by atoms with Crippen molar-refractivity contribution in [3.63, 3.8) is 0 Å². The van der Waals surface area contributed by atoms with Gasteiger partial charge in [-0.15, -0.1) is 0 Å². The molecule has 1 saturated carbocycles. The van der Waals surface area contributed by atoms with Crippen LogP contribution in [0.1, 0.15) is 33.1 Å². The molecule has 3 rings (SSSR count). The molecule has 16 heavy (non-hydrogen) atoms. The molecule has 1 spiro atoms. The lowest BCUT2D eigenvalue weighted by Crippen LogP contribution is -2.74. The summed E-state index contributed by atoms with van der Waals surface area (Å²) in [7, 11) is 0. The highest BCUT2D eigenvalue weighted by molar-refractivity contribution is 5.80. The van der Waals surface area contributed by atoms with E-state index in [2.05, 4.69) is 23.6 Å². The Balaban J connectivity index is 1.47. The maximum Gasteiger partial charge on any atom is 0.225 e. The first-order valence-electron chi connectivity index (χ1n) is 6.62. The van der Waals surface area contributed by atoms with E-state index in [0.29, 0.717) is 23.3 Å². The summed E-state index contributed by atoms with van der Waals surface area (Å²) in [4.78, 5) is 16.6. The summed E-state index contributed by atoms with van der Waals surface area (Å²) in [5, 5.41) is 0. The molecular weight excluding hydrogens is 200 g/mol. The van der Waals surface area contributed by atoms with Crippen LogP contribution in [0.25, 0.3) is 0 Å². The van der Waals surface area contributed by atoms with Crippen molar-refractivity contribution in [1.29, 1.82) is 0 Å². The van der Waals surface area contributed by atoms with Crippen molar-refractivity contribution >= 4 is 5.91 Å². The van der Waals surface area contributed by atoms with Crippen molar-refractivity contribution in [2.75, 3.05) is 26.2 Å². The van der Waals surface area contributed by atoms with Crippen LogP contribution in [0.2, 0.25) is 0 Å². The topological polar surface area (TPSA) is 23.6 Å². The van der Waals surface area contributed by atoms with E-state index >= 15 is 0 Å². The number of nitrogens with zero attached hydrogens (tertiary/aromatic N) is 2. The van der Waals surface area contributed by atoms with Gasteiger partial charge in [0, 0.05) is 43.6 Å². The molecule has 2 heterocycles. The van der Waals surface area contributed by atoms with E-state index in [-0.39, 0.29) is 0 Å². The molecule has 0 atom stereocenters. The maximum atomic E-state index is 12.0. The van der Waals surface area contributed by atoms with Crippen LogP contribution in [0.3, 0.4) is 0 Å². The Labute approximate surface area is 97.8 Å². The quantitative estimate of drug-likeness (QED) is 0.704. The number of rotatable bonds is 2. The standard InChI is InChI=1S/C13H22N2O/c1-10(2)14-6-13(7-14)8-15(9-13)12(16)11-4-3-5-11/h10-11H,3-9H2,1-2H3. The van der Waals surface area contributed by atoms with Gasteiger partial charge in [-0.2, -0.15) is 0 Å². The molecule has 0 aromatic heterocycles. The second-order valence-corrected chi connectivity index (χ2v) is 6.32. The third kappa shape index (κ3) is 1.48. The normalized spacial score (nSPS) is 28.8. The van der Waals surface area contributed by atoms with Gasteiger partial charge in [0.05, 0.1) is 0 Å². The Morgan fingerprint density at radius 3 is 2.25 bits per heavy atom. The fraction of sp³-hybridized carbons (Fsp3) is 0.923. The van der Waals surface area contributed by atoms with Gasteiger partial charge in [-0.25, -0.2) is 0 Å². The van der Waals surface area contributed by atoms with Crippen LogP contribution in [0.4, 0.5) is 0 Å². The van der Waals surface area contributed by atoms with Crippen molar-refractivity contribution in [3.05, 3.63) is 0 Å². The fourth-order valence-electron chi connectivity index (χ4n) is 3.21. The Morgan fingerprint density at radius 2 is 1.81 bits per heavy atom. The second kappa shape index (κ2) is 3.46. The molecule has 0 bridgehead atoms. The number of amides is 1. The average molecular weight is 222 g/mol. The molecule has 0 radical (unpaired) electrons. The molecule has 3 fully saturated rings. The van der Waals surface area contributed by atoms with Crippen LogP contribution in [0.5, 0.6) is 0 Å². The minimum Gasteiger partial charge on any atom is -0.341 e. The molecule has 2 aliphatic heterocycles.